The highest BCUT2D eigenvalue weighted by molar-refractivity contribution is 7.19. The van der Waals surface area contributed by atoms with Gasteiger partial charge in [0.15, 0.2) is 17.3 Å². The van der Waals surface area contributed by atoms with Gasteiger partial charge in [-0.25, -0.2) is 19.3 Å². The fourth-order valence-corrected chi connectivity index (χ4v) is 6.29. The van der Waals surface area contributed by atoms with E-state index in [0.717, 1.165) is 65.7 Å². The minimum atomic E-state index is -0.316. The van der Waals surface area contributed by atoms with E-state index in [1.807, 2.05) is 12.3 Å². The number of likely N-dealkylation sites (tertiary alicyclic amines) is 1. The Morgan fingerprint density at radius 1 is 1.18 bits per heavy atom. The molecule has 3 aliphatic rings. The van der Waals surface area contributed by atoms with E-state index in [4.69, 9.17) is 19.7 Å². The summed E-state index contributed by atoms with van der Waals surface area (Å²) in [4.78, 5) is 22.5. The lowest BCUT2D eigenvalue weighted by atomic mass is 10.1. The number of rotatable bonds is 4. The van der Waals surface area contributed by atoms with Crippen LogP contribution in [0, 0.1) is 11.7 Å². The lowest BCUT2D eigenvalue weighted by Gasteiger charge is -2.28. The van der Waals surface area contributed by atoms with Gasteiger partial charge in [-0.15, -0.1) is 11.3 Å². The summed E-state index contributed by atoms with van der Waals surface area (Å²) in [5.74, 6) is 1.66. The van der Waals surface area contributed by atoms with Gasteiger partial charge in [0.25, 0.3) is 0 Å². The fourth-order valence-electron chi connectivity index (χ4n) is 5.23. The molecule has 10 heteroatoms. The number of hydrogen-bond acceptors (Lipinski definition) is 8. The number of aromatic amines is 1. The highest BCUT2D eigenvalue weighted by atomic mass is 32.1. The van der Waals surface area contributed by atoms with Crippen LogP contribution in [-0.4, -0.2) is 70.8 Å². The normalized spacial score (nSPS) is 20.8. The van der Waals surface area contributed by atoms with Gasteiger partial charge >= 0.3 is 0 Å². The summed E-state index contributed by atoms with van der Waals surface area (Å²) < 4.78 is 21.0. The Hall–Kier alpha value is -3.08. The first-order valence-electron chi connectivity index (χ1n) is 11.6. The first kappa shape index (κ1) is 20.3. The molecule has 2 saturated heterocycles. The second-order valence-corrected chi connectivity index (χ2v) is 10.2. The van der Waals surface area contributed by atoms with Crippen molar-refractivity contribution in [1.82, 2.24) is 30.2 Å². The maximum absolute atomic E-state index is 14.4. The second kappa shape index (κ2) is 8.00. The predicted octanol–water partition coefficient (Wildman–Crippen LogP) is 3.13. The lowest BCUT2D eigenvalue weighted by molar-refractivity contribution is 0.122. The molecule has 1 unspecified atom stereocenters. The van der Waals surface area contributed by atoms with Gasteiger partial charge in [0.1, 0.15) is 15.5 Å². The summed E-state index contributed by atoms with van der Waals surface area (Å²) in [6, 6.07) is 4.95. The Kier molecular flexibility index (Phi) is 4.78. The van der Waals surface area contributed by atoms with Crippen LogP contribution in [-0.2, 0) is 11.3 Å². The Labute approximate surface area is 199 Å². The van der Waals surface area contributed by atoms with Crippen LogP contribution in [0.15, 0.2) is 36.2 Å². The first-order valence-corrected chi connectivity index (χ1v) is 12.4. The summed E-state index contributed by atoms with van der Waals surface area (Å²) in [5, 5.41) is 5.28. The largest absolute Gasteiger partial charge is 0.390 e. The molecular formula is C24H24FN7OS. The van der Waals surface area contributed by atoms with Gasteiger partial charge in [-0.1, -0.05) is 0 Å². The molecule has 3 aromatic heterocycles. The van der Waals surface area contributed by atoms with Crippen LogP contribution in [0.25, 0.3) is 32.6 Å². The third kappa shape index (κ3) is 3.44. The number of morpholine rings is 1. The number of H-pyrrole nitrogens is 1. The van der Waals surface area contributed by atoms with Crippen LogP contribution in [0.2, 0.25) is 0 Å². The standard InChI is InChI=1S/C24H24FN7OS/c25-16-7-18(17-1-2-27-19(17)8-16)22-29-23-21(24(30-22)32-3-5-33-6-4-32)34-20(28-23)13-31-11-14-9-26-10-15(14)12-31/h1-2,7-9,15,26-27H,3-6,10-13H2. The maximum Gasteiger partial charge on any atom is 0.176 e. The Balaban J connectivity index is 1.32. The van der Waals surface area contributed by atoms with Gasteiger partial charge in [-0.3, -0.25) is 4.90 Å². The molecule has 2 fully saturated rings. The molecule has 3 aliphatic heterocycles. The summed E-state index contributed by atoms with van der Waals surface area (Å²) in [5.41, 5.74) is 3.57. The summed E-state index contributed by atoms with van der Waals surface area (Å²) >= 11 is 1.67. The van der Waals surface area contributed by atoms with Gasteiger partial charge in [-0.05, 0) is 30.0 Å². The van der Waals surface area contributed by atoms with Crippen molar-refractivity contribution in [3.05, 3.63) is 47.0 Å². The average Bonchev–Trinajstić information content (AvgIpc) is 3.62. The van der Waals surface area contributed by atoms with Gasteiger partial charge in [-0.2, -0.15) is 0 Å². The zero-order chi connectivity index (χ0) is 22.6. The highest BCUT2D eigenvalue weighted by Crippen LogP contribution is 2.36. The molecule has 7 rings (SSSR count). The van der Waals surface area contributed by atoms with E-state index in [2.05, 4.69) is 26.3 Å². The van der Waals surface area contributed by atoms with E-state index >= 15 is 0 Å². The first-order chi connectivity index (χ1) is 16.7. The number of thiazole rings is 1. The number of halogens is 1. The number of aromatic nitrogens is 4. The van der Waals surface area contributed by atoms with Gasteiger partial charge in [0, 0.05) is 61.3 Å². The zero-order valence-corrected chi connectivity index (χ0v) is 19.4. The number of ether oxygens (including phenoxy) is 1. The SMILES string of the molecule is Fc1cc(-c2nc(N3CCOCC3)c3sc(CN4CC5=CNCC5C4)nc3n2)c2cc[nH]c2c1. The number of nitrogens with one attached hydrogen (secondary N) is 2. The van der Waals surface area contributed by atoms with Crippen LogP contribution in [0.4, 0.5) is 10.2 Å². The van der Waals surface area contributed by atoms with E-state index in [9.17, 15) is 4.39 Å². The number of benzene rings is 1. The third-order valence-electron chi connectivity index (χ3n) is 6.89. The van der Waals surface area contributed by atoms with E-state index in [-0.39, 0.29) is 5.82 Å². The molecule has 4 aromatic rings. The molecule has 0 bridgehead atoms. The summed E-state index contributed by atoms with van der Waals surface area (Å²) in [6.07, 6.45) is 3.98. The van der Waals surface area contributed by atoms with E-state index in [1.165, 1.54) is 17.7 Å². The van der Waals surface area contributed by atoms with Gasteiger partial charge in [0.2, 0.25) is 0 Å². The average molecular weight is 478 g/mol. The topological polar surface area (TPSA) is 82.2 Å². The zero-order valence-electron chi connectivity index (χ0n) is 18.6. The smallest absolute Gasteiger partial charge is 0.176 e. The molecule has 8 nitrogen and oxygen atoms in total. The number of fused-ring (bicyclic) bond motifs is 3. The van der Waals surface area contributed by atoms with Crippen LogP contribution < -0.4 is 10.2 Å². The van der Waals surface area contributed by atoms with Crippen molar-refractivity contribution < 1.29 is 9.13 Å². The Morgan fingerprint density at radius 3 is 2.97 bits per heavy atom. The minimum absolute atomic E-state index is 0.316. The number of nitrogens with zero attached hydrogens (tertiary/aromatic N) is 5. The van der Waals surface area contributed by atoms with Crippen molar-refractivity contribution in [3.8, 4) is 11.4 Å². The lowest BCUT2D eigenvalue weighted by Crippen LogP contribution is -2.36. The Morgan fingerprint density at radius 2 is 2.09 bits per heavy atom. The molecule has 0 radical (unpaired) electrons. The summed E-state index contributed by atoms with van der Waals surface area (Å²) in [6.45, 7) is 6.71. The van der Waals surface area contributed by atoms with Crippen molar-refractivity contribution >= 4 is 38.4 Å². The molecule has 174 valence electrons. The minimum Gasteiger partial charge on any atom is -0.390 e. The van der Waals surface area contributed by atoms with Crippen molar-refractivity contribution in [2.75, 3.05) is 50.8 Å². The van der Waals surface area contributed by atoms with E-state index in [1.54, 1.807) is 11.3 Å². The van der Waals surface area contributed by atoms with Crippen LogP contribution in [0.1, 0.15) is 5.01 Å². The molecule has 0 saturated carbocycles. The fraction of sp³-hybridized carbons (Fsp3) is 0.375. The molecule has 6 heterocycles. The predicted molar refractivity (Wildman–Crippen MR) is 130 cm³/mol. The molecular weight excluding hydrogens is 453 g/mol. The molecule has 1 aromatic carbocycles. The summed E-state index contributed by atoms with van der Waals surface area (Å²) in [7, 11) is 0. The quantitative estimate of drug-likeness (QED) is 0.467. The number of anilines is 1. The monoisotopic (exact) mass is 477 g/mol. The molecule has 34 heavy (non-hydrogen) atoms. The molecule has 2 N–H and O–H groups in total. The molecule has 0 aliphatic carbocycles. The molecule has 0 amide bonds. The maximum atomic E-state index is 14.4. The van der Waals surface area contributed by atoms with Crippen LogP contribution >= 0.6 is 11.3 Å². The van der Waals surface area contributed by atoms with Crippen molar-refractivity contribution in [3.63, 3.8) is 0 Å². The van der Waals surface area contributed by atoms with Crippen molar-refractivity contribution in [2.45, 2.75) is 6.54 Å². The Bertz CT molecular complexity index is 1420. The van der Waals surface area contributed by atoms with Gasteiger partial charge < -0.3 is 19.9 Å². The molecule has 0 spiro atoms. The highest BCUT2D eigenvalue weighted by Gasteiger charge is 2.31. The van der Waals surface area contributed by atoms with E-state index < -0.39 is 0 Å². The van der Waals surface area contributed by atoms with E-state index in [0.29, 0.717) is 36.2 Å². The third-order valence-corrected chi connectivity index (χ3v) is 7.91. The van der Waals surface area contributed by atoms with Crippen molar-refractivity contribution in [2.24, 2.45) is 5.92 Å². The van der Waals surface area contributed by atoms with Crippen LogP contribution in [0.5, 0.6) is 0 Å². The number of hydrogen-bond donors (Lipinski definition) is 2. The van der Waals surface area contributed by atoms with Crippen molar-refractivity contribution in [1.29, 1.82) is 0 Å². The van der Waals surface area contributed by atoms with Gasteiger partial charge in [0.05, 0.1) is 19.8 Å². The second-order valence-electron chi connectivity index (χ2n) is 9.12. The molecule has 1 atom stereocenters. The van der Waals surface area contributed by atoms with Crippen LogP contribution in [0.3, 0.4) is 0 Å².